The number of aromatic nitrogens is 7. The number of nitrogens with one attached hydrogen (secondary N) is 1. The zero-order chi connectivity index (χ0) is 22.8. The van der Waals surface area contributed by atoms with Crippen LogP contribution in [0.5, 0.6) is 0 Å². The van der Waals surface area contributed by atoms with E-state index in [0.717, 1.165) is 24.0 Å². The maximum Gasteiger partial charge on any atom is 0.330 e. The summed E-state index contributed by atoms with van der Waals surface area (Å²) in [6.45, 7) is 7.06. The lowest BCUT2D eigenvalue weighted by molar-refractivity contribution is 0.613. The molecule has 4 rings (SSSR count). The van der Waals surface area contributed by atoms with E-state index in [9.17, 15) is 9.59 Å². The average Bonchev–Trinajstić information content (AvgIpc) is 3.33. The molecule has 0 bridgehead atoms. The number of benzene rings is 1. The molecule has 32 heavy (non-hydrogen) atoms. The molecule has 0 amide bonds. The minimum atomic E-state index is -0.430. The van der Waals surface area contributed by atoms with Crippen molar-refractivity contribution in [1.29, 1.82) is 0 Å². The Balaban J connectivity index is 1.67. The Morgan fingerprint density at radius 1 is 1.09 bits per heavy atom. The van der Waals surface area contributed by atoms with Crippen LogP contribution >= 0.6 is 11.8 Å². The van der Waals surface area contributed by atoms with Crippen molar-refractivity contribution in [3.05, 3.63) is 56.5 Å². The predicted octanol–water partition coefficient (Wildman–Crippen LogP) is 2.28. The van der Waals surface area contributed by atoms with Crippen LogP contribution in [-0.4, -0.2) is 34.0 Å². The van der Waals surface area contributed by atoms with E-state index in [2.05, 4.69) is 27.1 Å². The zero-order valence-electron chi connectivity index (χ0n) is 18.3. The minimum absolute atomic E-state index is 0.411. The first-order chi connectivity index (χ1) is 15.4. The number of aryl methyl sites for hydroxylation is 3. The van der Waals surface area contributed by atoms with Crippen molar-refractivity contribution in [1.82, 2.24) is 34.0 Å². The molecule has 0 aliphatic rings. The summed E-state index contributed by atoms with van der Waals surface area (Å²) < 4.78 is 4.83. The number of H-pyrrole nitrogens is 1. The number of fused-ring (bicyclic) bond motifs is 1. The largest absolute Gasteiger partial charge is 0.335 e. The van der Waals surface area contributed by atoms with Crippen LogP contribution in [0.15, 0.2) is 39.0 Å². The summed E-state index contributed by atoms with van der Waals surface area (Å²) in [6, 6.07) is 7.90. The molecule has 0 fully saturated rings. The standard InChI is InChI=1S/C21H26N8O2S/c1-4-6-11-28-18-16(19(30)24-20(28)31)27(5-2)15(23-18)12-32-21-26-25-17(29(21)22)14-9-7-13(3)8-10-14/h7-10H,4-6,11-12,22H2,1-3H3,(H,24,30,31). The third-order valence-electron chi connectivity index (χ3n) is 5.32. The van der Waals surface area contributed by atoms with Crippen LogP contribution in [0.3, 0.4) is 0 Å². The van der Waals surface area contributed by atoms with Gasteiger partial charge in [0.2, 0.25) is 5.16 Å². The molecular formula is C21H26N8O2S. The van der Waals surface area contributed by atoms with Crippen LogP contribution in [-0.2, 0) is 18.8 Å². The first-order valence-electron chi connectivity index (χ1n) is 10.6. The number of hydrogen-bond donors (Lipinski definition) is 2. The Labute approximate surface area is 188 Å². The molecular weight excluding hydrogens is 428 g/mol. The van der Waals surface area contributed by atoms with Gasteiger partial charge in [0, 0.05) is 18.7 Å². The molecule has 168 valence electrons. The predicted molar refractivity (Wildman–Crippen MR) is 125 cm³/mol. The maximum absolute atomic E-state index is 12.5. The normalized spacial score (nSPS) is 11.5. The first kappa shape index (κ1) is 21.9. The quantitative estimate of drug-likeness (QED) is 0.309. The van der Waals surface area contributed by atoms with Crippen LogP contribution in [0, 0.1) is 6.92 Å². The molecule has 0 unspecified atom stereocenters. The number of unbranched alkanes of at least 4 members (excludes halogenated alkanes) is 1. The topological polar surface area (TPSA) is 129 Å². The molecule has 10 nitrogen and oxygen atoms in total. The first-order valence-corrected chi connectivity index (χ1v) is 11.6. The van der Waals surface area contributed by atoms with E-state index in [1.807, 2.05) is 42.7 Å². The van der Waals surface area contributed by atoms with Gasteiger partial charge in [-0.2, -0.15) is 0 Å². The molecule has 0 radical (unpaired) electrons. The highest BCUT2D eigenvalue weighted by molar-refractivity contribution is 7.98. The van der Waals surface area contributed by atoms with Gasteiger partial charge in [-0.1, -0.05) is 54.9 Å². The van der Waals surface area contributed by atoms with Gasteiger partial charge in [-0.3, -0.25) is 14.3 Å². The third-order valence-corrected chi connectivity index (χ3v) is 6.26. The highest BCUT2D eigenvalue weighted by Crippen LogP contribution is 2.25. The van der Waals surface area contributed by atoms with Gasteiger partial charge < -0.3 is 10.4 Å². The summed E-state index contributed by atoms with van der Waals surface area (Å²) in [5.74, 6) is 7.92. The van der Waals surface area contributed by atoms with Crippen molar-refractivity contribution in [3.8, 4) is 11.4 Å². The van der Waals surface area contributed by atoms with Gasteiger partial charge in [0.15, 0.2) is 17.0 Å². The number of rotatable bonds is 8. The molecule has 0 atom stereocenters. The third kappa shape index (κ3) is 3.95. The fourth-order valence-electron chi connectivity index (χ4n) is 3.60. The summed E-state index contributed by atoms with van der Waals surface area (Å²) in [6.07, 6.45) is 1.75. The lowest BCUT2D eigenvalue weighted by atomic mass is 10.1. The number of nitrogen functional groups attached to an aromatic ring is 1. The lowest BCUT2D eigenvalue weighted by Gasteiger charge is -2.06. The fraction of sp³-hybridized carbons (Fsp3) is 0.381. The summed E-state index contributed by atoms with van der Waals surface area (Å²) in [5, 5.41) is 8.98. The minimum Gasteiger partial charge on any atom is -0.335 e. The van der Waals surface area contributed by atoms with Gasteiger partial charge in [0.05, 0.1) is 5.75 Å². The molecule has 0 saturated carbocycles. The van der Waals surface area contributed by atoms with Crippen molar-refractivity contribution in [2.75, 3.05) is 5.84 Å². The average molecular weight is 455 g/mol. The van der Waals surface area contributed by atoms with Crippen molar-refractivity contribution >= 4 is 22.9 Å². The highest BCUT2D eigenvalue weighted by atomic mass is 32.2. The van der Waals surface area contributed by atoms with E-state index in [1.165, 1.54) is 16.4 Å². The lowest BCUT2D eigenvalue weighted by Crippen LogP contribution is -2.31. The molecule has 0 saturated heterocycles. The van der Waals surface area contributed by atoms with Crippen molar-refractivity contribution in [3.63, 3.8) is 0 Å². The van der Waals surface area contributed by atoms with Crippen LogP contribution < -0.4 is 17.1 Å². The highest BCUT2D eigenvalue weighted by Gasteiger charge is 2.19. The summed E-state index contributed by atoms with van der Waals surface area (Å²) in [4.78, 5) is 32.0. The van der Waals surface area contributed by atoms with Gasteiger partial charge in [0.1, 0.15) is 5.82 Å². The van der Waals surface area contributed by atoms with Crippen LogP contribution in [0.1, 0.15) is 38.1 Å². The Hall–Kier alpha value is -3.34. The van der Waals surface area contributed by atoms with Gasteiger partial charge in [-0.15, -0.1) is 10.2 Å². The molecule has 4 aromatic rings. The van der Waals surface area contributed by atoms with Gasteiger partial charge >= 0.3 is 5.69 Å². The van der Waals surface area contributed by atoms with Gasteiger partial charge in [0.25, 0.3) is 5.56 Å². The fourth-order valence-corrected chi connectivity index (χ4v) is 4.40. The van der Waals surface area contributed by atoms with E-state index in [1.54, 1.807) is 4.57 Å². The van der Waals surface area contributed by atoms with Crippen LogP contribution in [0.4, 0.5) is 0 Å². The Kier molecular flexibility index (Phi) is 6.17. The molecule has 0 aliphatic carbocycles. The number of aromatic amines is 1. The molecule has 3 aromatic heterocycles. The number of nitrogens with two attached hydrogens (primary N) is 1. The Morgan fingerprint density at radius 2 is 1.84 bits per heavy atom. The zero-order valence-corrected chi connectivity index (χ0v) is 19.1. The molecule has 1 aromatic carbocycles. The van der Waals surface area contributed by atoms with Crippen molar-refractivity contribution in [2.45, 2.75) is 57.6 Å². The Morgan fingerprint density at radius 3 is 2.53 bits per heavy atom. The molecule has 3 heterocycles. The number of hydrogen-bond acceptors (Lipinski definition) is 7. The van der Waals surface area contributed by atoms with E-state index in [-0.39, 0.29) is 0 Å². The number of nitrogens with zero attached hydrogens (tertiary/aromatic N) is 6. The Bertz CT molecular complexity index is 1360. The second-order valence-corrected chi connectivity index (χ2v) is 8.48. The molecule has 0 spiro atoms. The van der Waals surface area contributed by atoms with E-state index >= 15 is 0 Å². The summed E-state index contributed by atoms with van der Waals surface area (Å²) >= 11 is 1.38. The van der Waals surface area contributed by atoms with Crippen molar-refractivity contribution < 1.29 is 0 Å². The second-order valence-electron chi connectivity index (χ2n) is 7.54. The van der Waals surface area contributed by atoms with Crippen molar-refractivity contribution in [2.24, 2.45) is 0 Å². The van der Waals surface area contributed by atoms with Gasteiger partial charge in [-0.05, 0) is 20.3 Å². The maximum atomic E-state index is 12.5. The van der Waals surface area contributed by atoms with Crippen LogP contribution in [0.25, 0.3) is 22.6 Å². The molecule has 3 N–H and O–H groups in total. The van der Waals surface area contributed by atoms with E-state index < -0.39 is 11.2 Å². The van der Waals surface area contributed by atoms with Gasteiger partial charge in [-0.25, -0.2) is 14.5 Å². The van der Waals surface area contributed by atoms with E-state index in [4.69, 9.17) is 5.84 Å². The monoisotopic (exact) mass is 454 g/mol. The second kappa shape index (κ2) is 9.03. The number of imidazole rings is 1. The summed E-state index contributed by atoms with van der Waals surface area (Å²) in [5.41, 5.74) is 2.00. The summed E-state index contributed by atoms with van der Waals surface area (Å²) in [7, 11) is 0. The van der Waals surface area contributed by atoms with Crippen LogP contribution in [0.2, 0.25) is 0 Å². The molecule has 0 aliphatic heterocycles. The number of thioether (sulfide) groups is 1. The molecule has 11 heteroatoms. The smallest absolute Gasteiger partial charge is 0.330 e. The SMILES string of the molecule is CCCCn1c(=O)[nH]c(=O)c2c1nc(CSc1nnc(-c3ccc(C)cc3)n1N)n2CC. The van der Waals surface area contributed by atoms with E-state index in [0.29, 0.717) is 46.8 Å².